The van der Waals surface area contributed by atoms with Crippen LogP contribution >= 0.6 is 0 Å². The molecule has 138 valence electrons. The molecule has 2 saturated heterocycles. The average molecular weight is 354 g/mol. The molecule has 6 heteroatoms. The second kappa shape index (κ2) is 6.52. The van der Waals surface area contributed by atoms with E-state index in [-0.39, 0.29) is 17.4 Å². The van der Waals surface area contributed by atoms with Gasteiger partial charge in [-0.3, -0.25) is 0 Å². The molecule has 0 aliphatic carbocycles. The van der Waals surface area contributed by atoms with Gasteiger partial charge >= 0.3 is 7.12 Å². The third-order valence-corrected chi connectivity index (χ3v) is 5.80. The molecular formula is C20H27BN2O3. The summed E-state index contributed by atoms with van der Waals surface area (Å²) in [6.45, 7) is 9.07. The van der Waals surface area contributed by atoms with Crippen LogP contribution in [0.5, 0.6) is 0 Å². The first-order valence-electron chi connectivity index (χ1n) is 9.49. The molecule has 0 radical (unpaired) electrons. The van der Waals surface area contributed by atoms with Crippen molar-refractivity contribution in [3.63, 3.8) is 0 Å². The van der Waals surface area contributed by atoms with Crippen molar-refractivity contribution in [3.8, 4) is 11.4 Å². The van der Waals surface area contributed by atoms with Gasteiger partial charge in [-0.1, -0.05) is 30.3 Å². The van der Waals surface area contributed by atoms with Crippen LogP contribution in [-0.2, 0) is 14.0 Å². The summed E-state index contributed by atoms with van der Waals surface area (Å²) in [4.78, 5) is 4.72. The number of imidazole rings is 1. The lowest BCUT2D eigenvalue weighted by molar-refractivity contribution is -0.0296. The van der Waals surface area contributed by atoms with Crippen LogP contribution in [0.3, 0.4) is 0 Å². The Balaban J connectivity index is 1.77. The number of benzene rings is 1. The van der Waals surface area contributed by atoms with E-state index in [1.165, 1.54) is 0 Å². The monoisotopic (exact) mass is 354 g/mol. The summed E-state index contributed by atoms with van der Waals surface area (Å²) in [7, 11) is -0.449. The van der Waals surface area contributed by atoms with E-state index in [2.05, 4.69) is 44.4 Å². The summed E-state index contributed by atoms with van der Waals surface area (Å²) in [5, 5.41) is 0. The fourth-order valence-electron chi connectivity index (χ4n) is 3.54. The minimum absolute atomic E-state index is 0.0320. The van der Waals surface area contributed by atoms with Gasteiger partial charge < -0.3 is 18.6 Å². The second-order valence-corrected chi connectivity index (χ2v) is 8.15. The molecule has 5 nitrogen and oxygen atoms in total. The summed E-state index contributed by atoms with van der Waals surface area (Å²) in [6.07, 6.45) is 5.08. The Labute approximate surface area is 155 Å². The van der Waals surface area contributed by atoms with Crippen LogP contribution in [0.15, 0.2) is 36.5 Å². The number of rotatable bonds is 3. The van der Waals surface area contributed by atoms with Crippen molar-refractivity contribution in [2.45, 2.75) is 64.4 Å². The number of aromatic nitrogens is 2. The highest BCUT2D eigenvalue weighted by Gasteiger charge is 2.53. The van der Waals surface area contributed by atoms with E-state index in [0.29, 0.717) is 0 Å². The maximum Gasteiger partial charge on any atom is 0.514 e. The fourth-order valence-corrected chi connectivity index (χ4v) is 3.54. The standard InChI is InChI=1S/C20H27BN2O3/c1-19(2)20(3,4)26-21(25-19)16-14-22-18(15-10-6-5-7-11-15)23(16)17-12-8-9-13-24-17/h5-7,10-11,14,17H,8-9,12-13H2,1-4H3. The molecule has 0 bridgehead atoms. The van der Waals surface area contributed by atoms with E-state index >= 15 is 0 Å². The average Bonchev–Trinajstić information content (AvgIpc) is 3.15. The Morgan fingerprint density at radius 3 is 2.35 bits per heavy atom. The van der Waals surface area contributed by atoms with Crippen molar-refractivity contribution >= 4 is 12.7 Å². The minimum atomic E-state index is -0.449. The summed E-state index contributed by atoms with van der Waals surface area (Å²) in [5.74, 6) is 0.905. The molecule has 2 aliphatic rings. The van der Waals surface area contributed by atoms with Crippen LogP contribution in [-0.4, -0.2) is 34.5 Å². The zero-order valence-corrected chi connectivity index (χ0v) is 16.1. The second-order valence-electron chi connectivity index (χ2n) is 8.15. The molecule has 2 aromatic rings. The van der Waals surface area contributed by atoms with Crippen LogP contribution in [0.2, 0.25) is 0 Å². The van der Waals surface area contributed by atoms with Crippen LogP contribution < -0.4 is 5.59 Å². The molecule has 2 aliphatic heterocycles. The van der Waals surface area contributed by atoms with E-state index in [1.54, 1.807) is 0 Å². The zero-order chi connectivity index (χ0) is 18.4. The summed E-state index contributed by atoms with van der Waals surface area (Å²) in [5.41, 5.74) is 1.24. The molecule has 4 rings (SSSR count). The van der Waals surface area contributed by atoms with Crippen molar-refractivity contribution in [1.82, 2.24) is 9.55 Å². The van der Waals surface area contributed by atoms with Crippen LogP contribution in [0.1, 0.15) is 53.2 Å². The van der Waals surface area contributed by atoms with Gasteiger partial charge in [0.1, 0.15) is 12.1 Å². The van der Waals surface area contributed by atoms with Gasteiger partial charge in [-0.2, -0.15) is 0 Å². The van der Waals surface area contributed by atoms with Gasteiger partial charge in [0, 0.05) is 18.4 Å². The Hall–Kier alpha value is -1.63. The van der Waals surface area contributed by atoms with Gasteiger partial charge in [-0.25, -0.2) is 4.98 Å². The van der Waals surface area contributed by atoms with E-state index in [9.17, 15) is 0 Å². The van der Waals surface area contributed by atoms with Gasteiger partial charge in [0.15, 0.2) is 0 Å². The molecule has 1 atom stereocenters. The molecule has 2 fully saturated rings. The van der Waals surface area contributed by atoms with Gasteiger partial charge in [-0.15, -0.1) is 0 Å². The van der Waals surface area contributed by atoms with Crippen molar-refractivity contribution in [2.75, 3.05) is 6.61 Å². The SMILES string of the molecule is CC1(C)OB(c2cnc(-c3ccccc3)n2C2CCCCO2)OC1(C)C. The first-order chi connectivity index (χ1) is 12.4. The van der Waals surface area contributed by atoms with E-state index < -0.39 is 7.12 Å². The predicted molar refractivity (Wildman–Crippen MR) is 102 cm³/mol. The predicted octanol–water partition coefficient (Wildman–Crippen LogP) is 3.55. The lowest BCUT2D eigenvalue weighted by Gasteiger charge is -2.32. The molecular weight excluding hydrogens is 327 g/mol. The smallest absolute Gasteiger partial charge is 0.398 e. The largest absolute Gasteiger partial charge is 0.514 e. The van der Waals surface area contributed by atoms with Crippen LogP contribution in [0.25, 0.3) is 11.4 Å². The quantitative estimate of drug-likeness (QED) is 0.791. The summed E-state index contributed by atoms with van der Waals surface area (Å²) < 4.78 is 20.9. The molecule has 0 N–H and O–H groups in total. The zero-order valence-electron chi connectivity index (χ0n) is 16.1. The lowest BCUT2D eigenvalue weighted by Crippen LogP contribution is -2.41. The maximum atomic E-state index is 6.29. The lowest BCUT2D eigenvalue weighted by atomic mass is 9.85. The molecule has 3 heterocycles. The van der Waals surface area contributed by atoms with Crippen molar-refractivity contribution < 1.29 is 14.0 Å². The Bertz CT molecular complexity index is 751. The third kappa shape index (κ3) is 3.00. The van der Waals surface area contributed by atoms with E-state index in [1.807, 2.05) is 24.4 Å². The number of hydrogen-bond donors (Lipinski definition) is 0. The summed E-state index contributed by atoms with van der Waals surface area (Å²) >= 11 is 0. The number of nitrogens with zero attached hydrogens (tertiary/aromatic N) is 2. The molecule has 1 aromatic heterocycles. The molecule has 0 spiro atoms. The Kier molecular flexibility index (Phi) is 4.45. The highest BCUT2D eigenvalue weighted by atomic mass is 16.7. The fraction of sp³-hybridized carbons (Fsp3) is 0.550. The molecule has 1 aromatic carbocycles. The van der Waals surface area contributed by atoms with Gasteiger partial charge in [-0.05, 0) is 47.0 Å². The molecule has 1 unspecified atom stereocenters. The van der Waals surface area contributed by atoms with Crippen molar-refractivity contribution in [1.29, 1.82) is 0 Å². The topological polar surface area (TPSA) is 45.5 Å². The number of hydrogen-bond acceptors (Lipinski definition) is 4. The van der Waals surface area contributed by atoms with Crippen LogP contribution in [0.4, 0.5) is 0 Å². The summed E-state index contributed by atoms with van der Waals surface area (Å²) in [6, 6.07) is 10.2. The Morgan fingerprint density at radius 2 is 1.73 bits per heavy atom. The third-order valence-electron chi connectivity index (χ3n) is 5.80. The normalized spacial score (nSPS) is 24.8. The van der Waals surface area contributed by atoms with E-state index in [0.717, 1.165) is 42.9 Å². The van der Waals surface area contributed by atoms with Crippen molar-refractivity contribution in [2.24, 2.45) is 0 Å². The highest BCUT2D eigenvalue weighted by molar-refractivity contribution is 6.61. The molecule has 26 heavy (non-hydrogen) atoms. The molecule has 0 saturated carbocycles. The van der Waals surface area contributed by atoms with Gasteiger partial charge in [0.25, 0.3) is 0 Å². The van der Waals surface area contributed by atoms with Gasteiger partial charge in [0.2, 0.25) is 0 Å². The first kappa shape index (κ1) is 17.8. The Morgan fingerprint density at radius 1 is 1.04 bits per heavy atom. The first-order valence-corrected chi connectivity index (χ1v) is 9.49. The molecule has 0 amide bonds. The highest BCUT2D eigenvalue weighted by Crippen LogP contribution is 2.37. The van der Waals surface area contributed by atoms with Gasteiger partial charge in [0.05, 0.1) is 16.8 Å². The van der Waals surface area contributed by atoms with E-state index in [4.69, 9.17) is 19.0 Å². The minimum Gasteiger partial charge on any atom is -0.398 e. The number of ether oxygens (including phenoxy) is 1. The maximum absolute atomic E-state index is 6.29. The van der Waals surface area contributed by atoms with Crippen LogP contribution in [0, 0.1) is 0 Å². The van der Waals surface area contributed by atoms with Crippen molar-refractivity contribution in [3.05, 3.63) is 36.5 Å².